The topological polar surface area (TPSA) is 52.6 Å². The minimum absolute atomic E-state index is 0.281. The molecule has 0 bridgehead atoms. The average Bonchev–Trinajstić information content (AvgIpc) is 3.12. The van der Waals surface area contributed by atoms with Gasteiger partial charge in [0.05, 0.1) is 0 Å². The van der Waals surface area contributed by atoms with E-state index in [0.717, 1.165) is 52.8 Å². The monoisotopic (exact) mass is 632 g/mol. The van der Waals surface area contributed by atoms with Gasteiger partial charge in [-0.1, -0.05) is 0 Å². The fourth-order valence-electron chi connectivity index (χ4n) is 4.75. The summed E-state index contributed by atoms with van der Waals surface area (Å²) in [5, 5.41) is 1.94. The van der Waals surface area contributed by atoms with Crippen LogP contribution in [0.2, 0.25) is 11.5 Å². The summed E-state index contributed by atoms with van der Waals surface area (Å²) < 4.78 is 12.4. The molecule has 0 aliphatic carbocycles. The number of halogens is 2. The molecule has 0 atom stereocenters. The van der Waals surface area contributed by atoms with Crippen molar-refractivity contribution in [3.8, 4) is 22.3 Å². The summed E-state index contributed by atoms with van der Waals surface area (Å²) in [6.45, 7) is 0. The van der Waals surface area contributed by atoms with E-state index in [4.69, 9.17) is 9.47 Å². The first-order valence-corrected chi connectivity index (χ1v) is 19.3. The zero-order chi connectivity index (χ0) is 23.9. The Balaban J connectivity index is 2.20. The van der Waals surface area contributed by atoms with Crippen molar-refractivity contribution >= 4 is 57.1 Å². The van der Waals surface area contributed by atoms with Crippen LogP contribution in [0.3, 0.4) is 0 Å². The molecule has 170 valence electrons. The van der Waals surface area contributed by atoms with Gasteiger partial charge < -0.3 is 0 Å². The summed E-state index contributed by atoms with van der Waals surface area (Å²) in [7, 11) is 2.70. The third-order valence-corrected chi connectivity index (χ3v) is 12.6. The van der Waals surface area contributed by atoms with Crippen molar-refractivity contribution < 1.29 is 19.1 Å². The molecule has 0 unspecified atom stereocenters. The van der Waals surface area contributed by atoms with E-state index in [1.807, 2.05) is 48.5 Å². The predicted octanol–water partition coefficient (Wildman–Crippen LogP) is 7.00. The first kappa shape index (κ1) is 24.2. The van der Waals surface area contributed by atoms with Crippen LogP contribution in [-0.2, 0) is 20.0 Å². The van der Waals surface area contributed by atoms with E-state index in [-0.39, 0.29) is 11.1 Å². The third kappa shape index (κ3) is 4.57. The molecule has 1 aliphatic rings. The van der Waals surface area contributed by atoms with Gasteiger partial charge >= 0.3 is 214 Å². The fourth-order valence-corrected chi connectivity index (χ4v) is 11.2. The molecule has 3 aromatic carbocycles. The summed E-state index contributed by atoms with van der Waals surface area (Å²) in [4.78, 5) is 26.6. The Morgan fingerprint density at radius 2 is 1.03 bits per heavy atom. The van der Waals surface area contributed by atoms with E-state index in [1.165, 1.54) is 14.2 Å². The average molecular weight is 633 g/mol. The number of esters is 2. The van der Waals surface area contributed by atoms with Crippen molar-refractivity contribution in [1.82, 2.24) is 0 Å². The molecule has 0 amide bonds. The second-order valence-electron chi connectivity index (χ2n) is 8.97. The van der Waals surface area contributed by atoms with Gasteiger partial charge in [-0.05, 0) is 0 Å². The van der Waals surface area contributed by atoms with Crippen molar-refractivity contribution in [2.45, 2.75) is 22.0 Å². The molecular formula is C26H24Br2GeO4. The van der Waals surface area contributed by atoms with Crippen LogP contribution in [0.5, 0.6) is 0 Å². The zero-order valence-electron chi connectivity index (χ0n) is 18.9. The van der Waals surface area contributed by atoms with Crippen LogP contribution < -0.4 is 0 Å². The van der Waals surface area contributed by atoms with Gasteiger partial charge in [0.25, 0.3) is 0 Å². The van der Waals surface area contributed by atoms with Crippen LogP contribution >= 0.6 is 31.9 Å². The van der Waals surface area contributed by atoms with Crippen LogP contribution in [0.1, 0.15) is 31.8 Å². The number of carbonyl (C=O) groups excluding carboxylic acids is 2. The fraction of sp³-hybridized carbons (Fsp3) is 0.231. The van der Waals surface area contributed by atoms with Gasteiger partial charge in [0, 0.05) is 0 Å². The number of fused-ring (bicyclic) bond motifs is 1. The van der Waals surface area contributed by atoms with Crippen LogP contribution in [0.15, 0.2) is 57.5 Å². The van der Waals surface area contributed by atoms with Crippen LogP contribution in [0.25, 0.3) is 22.3 Å². The minimum atomic E-state index is -2.22. The van der Waals surface area contributed by atoms with Gasteiger partial charge in [0.1, 0.15) is 0 Å². The van der Waals surface area contributed by atoms with Gasteiger partial charge in [0.15, 0.2) is 0 Å². The molecule has 0 fully saturated rings. The van der Waals surface area contributed by atoms with Crippen LogP contribution in [-0.4, -0.2) is 39.4 Å². The Morgan fingerprint density at radius 1 is 0.697 bits per heavy atom. The molecule has 1 aliphatic heterocycles. The maximum atomic E-state index is 13.3. The Hall–Kier alpha value is -1.90. The molecule has 0 aromatic heterocycles. The molecule has 33 heavy (non-hydrogen) atoms. The van der Waals surface area contributed by atoms with Crippen LogP contribution in [0, 0.1) is 0 Å². The van der Waals surface area contributed by atoms with E-state index in [1.54, 1.807) is 0 Å². The molecule has 4 nitrogen and oxygen atoms in total. The molecule has 0 saturated heterocycles. The third-order valence-electron chi connectivity index (χ3n) is 6.07. The normalized spacial score (nSPS) is 14.0. The SMILES string of the molecule is COC(=O)c1c(C(=O)OC)c(-c2ccc(Br)cc2)c2c(c1-c1ccc(Br)cc1)[CH2][Ge]([CH3])([CH3])[CH2]2. The second-order valence-corrected chi connectivity index (χ2v) is 21.4. The molecular weight excluding hydrogens is 609 g/mol. The maximum absolute atomic E-state index is 13.3. The zero-order valence-corrected chi connectivity index (χ0v) is 24.2. The second kappa shape index (κ2) is 9.39. The van der Waals surface area contributed by atoms with E-state index in [0.29, 0.717) is 0 Å². The molecule has 0 N–H and O–H groups in total. The van der Waals surface area contributed by atoms with Crippen molar-refractivity contribution in [2.24, 2.45) is 0 Å². The van der Waals surface area contributed by atoms with E-state index in [2.05, 4.69) is 43.4 Å². The van der Waals surface area contributed by atoms with Crippen molar-refractivity contribution in [3.63, 3.8) is 0 Å². The van der Waals surface area contributed by atoms with Gasteiger partial charge in [0.2, 0.25) is 0 Å². The molecule has 1 heterocycles. The summed E-state index contributed by atoms with van der Waals surface area (Å²) in [5.74, 6) is 3.72. The summed E-state index contributed by atoms with van der Waals surface area (Å²) in [6.07, 6.45) is 0. The predicted molar refractivity (Wildman–Crippen MR) is 140 cm³/mol. The first-order valence-electron chi connectivity index (χ1n) is 10.6. The Kier molecular flexibility index (Phi) is 6.90. The van der Waals surface area contributed by atoms with Gasteiger partial charge in [-0.3, -0.25) is 0 Å². The van der Waals surface area contributed by atoms with Crippen LogP contribution in [0.4, 0.5) is 0 Å². The van der Waals surface area contributed by atoms with Gasteiger partial charge in [-0.25, -0.2) is 0 Å². The quantitative estimate of drug-likeness (QED) is 0.230. The van der Waals surface area contributed by atoms with Gasteiger partial charge in [-0.15, -0.1) is 0 Å². The number of methoxy groups -OCH3 is 2. The molecule has 4 rings (SSSR count). The molecule has 0 radical (unpaired) electrons. The van der Waals surface area contributed by atoms with E-state index in [9.17, 15) is 9.59 Å². The number of benzene rings is 3. The van der Waals surface area contributed by atoms with Crippen molar-refractivity contribution in [1.29, 1.82) is 0 Å². The van der Waals surface area contributed by atoms with Crippen molar-refractivity contribution in [3.05, 3.63) is 79.7 Å². The van der Waals surface area contributed by atoms with E-state index < -0.39 is 25.2 Å². The number of rotatable bonds is 4. The number of hydrogen-bond donors (Lipinski definition) is 0. The number of ether oxygens (including phenoxy) is 2. The molecule has 7 heteroatoms. The molecule has 3 aromatic rings. The Morgan fingerprint density at radius 3 is 1.33 bits per heavy atom. The number of carbonyl (C=O) groups is 2. The first-order chi connectivity index (χ1) is 15.7. The van der Waals surface area contributed by atoms with E-state index >= 15 is 0 Å². The van der Waals surface area contributed by atoms with Gasteiger partial charge in [-0.2, -0.15) is 0 Å². The molecule has 0 spiro atoms. The standard InChI is InChI=1S/C26H24Br2GeO4/c1-29(2)13-19-20(14-29)22(16-7-11-18(28)12-8-16)24(26(31)33-4)23(25(30)32-3)21(19)15-5-9-17(27)10-6-15/h5-12H,13-14H2,1-4H3. The number of hydrogen-bond acceptors (Lipinski definition) is 4. The Labute approximate surface area is 213 Å². The molecule has 0 saturated carbocycles. The summed E-state index contributed by atoms with van der Waals surface area (Å²) in [6, 6.07) is 15.7. The summed E-state index contributed by atoms with van der Waals surface area (Å²) in [5.41, 5.74) is 6.25. The Bertz CT molecular complexity index is 1150. The summed E-state index contributed by atoms with van der Waals surface area (Å²) >= 11 is 4.77. The van der Waals surface area contributed by atoms with Crippen molar-refractivity contribution in [2.75, 3.05) is 14.2 Å².